The van der Waals surface area contributed by atoms with Crippen LogP contribution in [0.15, 0.2) is 77.8 Å². The number of rotatable bonds is 8. The van der Waals surface area contributed by atoms with Gasteiger partial charge in [0, 0.05) is 42.3 Å². The summed E-state index contributed by atoms with van der Waals surface area (Å²) in [6, 6.07) is 22.1. The molecule has 1 aliphatic heterocycles. The van der Waals surface area contributed by atoms with Crippen molar-refractivity contribution < 1.29 is 24.2 Å². The largest absolute Gasteiger partial charge is 0.494 e. The zero-order valence-electron chi connectivity index (χ0n) is 22.6. The molecule has 0 unspecified atom stereocenters. The first-order chi connectivity index (χ1) is 19.4. The van der Waals surface area contributed by atoms with Crippen molar-refractivity contribution in [1.82, 2.24) is 9.88 Å². The summed E-state index contributed by atoms with van der Waals surface area (Å²) < 4.78 is 10.5. The second-order valence-electron chi connectivity index (χ2n) is 9.51. The minimum absolute atomic E-state index is 0.00836. The monoisotopic (exact) mass is 540 g/mol. The molecular formula is C31H32N4O5. The molecule has 1 amide bonds. The number of aromatic hydroxyl groups is 1. The van der Waals surface area contributed by atoms with Crippen molar-refractivity contribution in [3.05, 3.63) is 89.5 Å². The van der Waals surface area contributed by atoms with E-state index in [0.29, 0.717) is 47.8 Å². The molecule has 0 saturated carbocycles. The van der Waals surface area contributed by atoms with Gasteiger partial charge in [0.1, 0.15) is 0 Å². The average Bonchev–Trinajstić information content (AvgIpc) is 3.31. The molecule has 206 valence electrons. The summed E-state index contributed by atoms with van der Waals surface area (Å²) in [4.78, 5) is 36.7. The first kappa shape index (κ1) is 27.1. The van der Waals surface area contributed by atoms with Crippen LogP contribution in [0.5, 0.6) is 5.88 Å². The molecule has 4 aromatic rings. The first-order valence-electron chi connectivity index (χ1n) is 13.3. The summed E-state index contributed by atoms with van der Waals surface area (Å²) in [5.41, 5.74) is 4.32. The third-order valence-corrected chi connectivity index (χ3v) is 6.89. The Morgan fingerprint density at radius 1 is 1.02 bits per heavy atom. The van der Waals surface area contributed by atoms with Crippen LogP contribution in [0.1, 0.15) is 28.4 Å². The van der Waals surface area contributed by atoms with E-state index in [4.69, 9.17) is 14.5 Å². The van der Waals surface area contributed by atoms with Crippen LogP contribution < -0.4 is 4.90 Å². The number of ether oxygens (including phenoxy) is 2. The fourth-order valence-corrected chi connectivity index (χ4v) is 4.71. The van der Waals surface area contributed by atoms with Gasteiger partial charge >= 0.3 is 5.97 Å². The van der Waals surface area contributed by atoms with E-state index in [1.165, 1.54) is 0 Å². The Morgan fingerprint density at radius 3 is 2.45 bits per heavy atom. The fourth-order valence-electron chi connectivity index (χ4n) is 4.71. The Hall–Kier alpha value is -4.47. The van der Waals surface area contributed by atoms with Crippen molar-refractivity contribution in [2.24, 2.45) is 4.99 Å². The molecule has 9 heteroatoms. The number of anilines is 1. The van der Waals surface area contributed by atoms with Crippen molar-refractivity contribution in [2.45, 2.75) is 6.92 Å². The summed E-state index contributed by atoms with van der Waals surface area (Å²) in [6.07, 6.45) is 0. The van der Waals surface area contributed by atoms with Gasteiger partial charge in [0.2, 0.25) is 5.91 Å². The van der Waals surface area contributed by atoms with E-state index < -0.39 is 5.97 Å². The highest BCUT2D eigenvalue weighted by molar-refractivity contribution is 6.22. The topological polar surface area (TPSA) is 107 Å². The van der Waals surface area contributed by atoms with Crippen molar-refractivity contribution in [3.8, 4) is 5.88 Å². The number of likely N-dealkylation sites (N-methyl/N-ethyl adjacent to an activating group) is 1. The highest BCUT2D eigenvalue weighted by Gasteiger charge is 2.21. The van der Waals surface area contributed by atoms with Gasteiger partial charge in [-0.1, -0.05) is 36.4 Å². The van der Waals surface area contributed by atoms with E-state index in [1.807, 2.05) is 54.6 Å². The number of hydrogen-bond acceptors (Lipinski definition) is 7. The second-order valence-corrected chi connectivity index (χ2v) is 9.51. The number of morpholine rings is 1. The van der Waals surface area contributed by atoms with E-state index in [-0.39, 0.29) is 18.4 Å². The first-order valence-corrected chi connectivity index (χ1v) is 13.3. The maximum Gasteiger partial charge on any atom is 0.338 e. The summed E-state index contributed by atoms with van der Waals surface area (Å²) >= 11 is 0. The third kappa shape index (κ3) is 5.90. The second kappa shape index (κ2) is 12.1. The molecule has 0 spiro atoms. The molecule has 2 heterocycles. The molecule has 9 nitrogen and oxygen atoms in total. The number of benzene rings is 3. The predicted molar refractivity (Wildman–Crippen MR) is 155 cm³/mol. The summed E-state index contributed by atoms with van der Waals surface area (Å²) in [5, 5.41) is 11.7. The van der Waals surface area contributed by atoms with Gasteiger partial charge in [0.25, 0.3) is 0 Å². The van der Waals surface area contributed by atoms with Crippen LogP contribution in [0.2, 0.25) is 0 Å². The maximum absolute atomic E-state index is 12.8. The number of nitrogens with one attached hydrogen (secondary N) is 1. The molecule has 1 aliphatic rings. The SMILES string of the molecule is CCOC(=O)c1ccc2c(C(=Nc3ccc(N(C)C(=O)CN4CCOCC4)cc3)c3ccccc3)c(O)[nH]c2c1. The number of fused-ring (bicyclic) bond motifs is 1. The highest BCUT2D eigenvalue weighted by Crippen LogP contribution is 2.32. The molecule has 2 N–H and O–H groups in total. The molecule has 40 heavy (non-hydrogen) atoms. The molecule has 3 aromatic carbocycles. The van der Waals surface area contributed by atoms with E-state index in [9.17, 15) is 14.7 Å². The summed E-state index contributed by atoms with van der Waals surface area (Å²) in [7, 11) is 1.77. The predicted octanol–water partition coefficient (Wildman–Crippen LogP) is 4.51. The quantitative estimate of drug-likeness (QED) is 0.252. The molecule has 1 saturated heterocycles. The van der Waals surface area contributed by atoms with Crippen LogP contribution in [-0.4, -0.2) is 79.1 Å². The number of hydrogen-bond donors (Lipinski definition) is 2. The molecule has 0 radical (unpaired) electrons. The lowest BCUT2D eigenvalue weighted by Gasteiger charge is -2.28. The van der Waals surface area contributed by atoms with Crippen molar-refractivity contribution in [3.63, 3.8) is 0 Å². The Kier molecular flexibility index (Phi) is 8.23. The number of aliphatic imine (C=N–C) groups is 1. The lowest BCUT2D eigenvalue weighted by molar-refractivity contribution is -0.120. The van der Waals surface area contributed by atoms with E-state index in [2.05, 4.69) is 9.88 Å². The lowest BCUT2D eigenvalue weighted by Crippen LogP contribution is -2.43. The summed E-state index contributed by atoms with van der Waals surface area (Å²) in [5.74, 6) is -0.469. The van der Waals surface area contributed by atoms with Gasteiger partial charge in [-0.3, -0.25) is 9.69 Å². The van der Waals surface area contributed by atoms with E-state index in [1.54, 1.807) is 37.1 Å². The Labute approximate surface area is 232 Å². The number of aromatic amines is 1. The van der Waals surface area contributed by atoms with Crippen LogP contribution in [0.3, 0.4) is 0 Å². The minimum atomic E-state index is -0.425. The zero-order chi connectivity index (χ0) is 28.1. The molecule has 1 aromatic heterocycles. The fraction of sp³-hybridized carbons (Fsp3) is 0.258. The molecule has 0 bridgehead atoms. The van der Waals surface area contributed by atoms with Gasteiger partial charge in [-0.2, -0.15) is 0 Å². The number of esters is 1. The molecule has 5 rings (SSSR count). The van der Waals surface area contributed by atoms with Gasteiger partial charge < -0.3 is 24.5 Å². The van der Waals surface area contributed by atoms with Crippen LogP contribution >= 0.6 is 0 Å². The number of aromatic nitrogens is 1. The molecular weight excluding hydrogens is 508 g/mol. The number of H-pyrrole nitrogens is 1. The number of amides is 1. The molecule has 1 fully saturated rings. The third-order valence-electron chi connectivity index (χ3n) is 6.89. The molecule has 0 aliphatic carbocycles. The van der Waals surface area contributed by atoms with Gasteiger partial charge in [-0.15, -0.1) is 0 Å². The zero-order valence-corrected chi connectivity index (χ0v) is 22.6. The van der Waals surface area contributed by atoms with Crippen LogP contribution in [-0.2, 0) is 14.3 Å². The molecule has 0 atom stereocenters. The number of nitrogens with zero attached hydrogens (tertiary/aromatic N) is 3. The normalized spacial score (nSPS) is 14.3. The van der Waals surface area contributed by atoms with Gasteiger partial charge in [-0.05, 0) is 43.3 Å². The van der Waals surface area contributed by atoms with E-state index >= 15 is 0 Å². The smallest absolute Gasteiger partial charge is 0.338 e. The minimum Gasteiger partial charge on any atom is -0.494 e. The van der Waals surface area contributed by atoms with Crippen molar-refractivity contribution in [1.29, 1.82) is 0 Å². The van der Waals surface area contributed by atoms with Gasteiger partial charge in [-0.25, -0.2) is 9.79 Å². The van der Waals surface area contributed by atoms with Crippen molar-refractivity contribution in [2.75, 3.05) is 51.4 Å². The standard InChI is InChI=1S/C31H32N4O5/c1-3-40-31(38)22-9-14-25-26(19-22)33-30(37)28(25)29(21-7-5-4-6-8-21)32-23-10-12-24(13-11-23)34(2)27(36)20-35-15-17-39-18-16-35/h4-14,19,33,37H,3,15-18,20H2,1-2H3. The Morgan fingerprint density at radius 2 is 1.75 bits per heavy atom. The Bertz CT molecular complexity index is 1520. The highest BCUT2D eigenvalue weighted by atomic mass is 16.5. The maximum atomic E-state index is 12.8. The van der Waals surface area contributed by atoms with Crippen LogP contribution in [0.4, 0.5) is 11.4 Å². The average molecular weight is 541 g/mol. The summed E-state index contributed by atoms with van der Waals surface area (Å²) in [6.45, 7) is 5.17. The van der Waals surface area contributed by atoms with Crippen LogP contribution in [0, 0.1) is 0 Å². The van der Waals surface area contributed by atoms with Crippen LogP contribution in [0.25, 0.3) is 10.9 Å². The number of carbonyl (C=O) groups excluding carboxylic acids is 2. The van der Waals surface area contributed by atoms with Gasteiger partial charge in [0.15, 0.2) is 5.88 Å². The Balaban J connectivity index is 1.46. The van der Waals surface area contributed by atoms with Crippen molar-refractivity contribution >= 4 is 39.9 Å². The van der Waals surface area contributed by atoms with Gasteiger partial charge in [0.05, 0.1) is 48.9 Å². The van der Waals surface area contributed by atoms with E-state index in [0.717, 1.165) is 29.7 Å². The number of carbonyl (C=O) groups is 2. The lowest BCUT2D eigenvalue weighted by atomic mass is 10.00.